The van der Waals surface area contributed by atoms with Crippen LogP contribution in [0, 0.1) is 10.1 Å². The second kappa shape index (κ2) is 11.2. The summed E-state index contributed by atoms with van der Waals surface area (Å²) < 4.78 is 9.19. The summed E-state index contributed by atoms with van der Waals surface area (Å²) in [5.74, 6) is 0.170. The summed E-state index contributed by atoms with van der Waals surface area (Å²) in [6.45, 7) is 16.0. The topological polar surface area (TPSA) is 51.5 Å². The Morgan fingerprint density at radius 3 is 2.06 bits per heavy atom. The Morgan fingerprint density at radius 2 is 1.59 bits per heavy atom. The number of fused-ring (bicyclic) bond motifs is 1. The van der Waals surface area contributed by atoms with Crippen molar-refractivity contribution in [3.63, 3.8) is 0 Å². The van der Waals surface area contributed by atoms with E-state index in [0.29, 0.717) is 12.5 Å². The summed E-state index contributed by atoms with van der Waals surface area (Å²) in [6.07, 6.45) is 1.65. The predicted molar refractivity (Wildman–Crippen MR) is 145 cm³/mol. The van der Waals surface area contributed by atoms with Gasteiger partial charge in [0.2, 0.25) is 0 Å². The molecule has 2 aromatic carbocycles. The zero-order valence-electron chi connectivity index (χ0n) is 21.8. The van der Waals surface area contributed by atoms with Gasteiger partial charge in [0, 0.05) is 17.1 Å². The molecular weight excluding hydrogens is 442 g/mol. The fourth-order valence-corrected chi connectivity index (χ4v) is 3.74. The first-order valence-electron chi connectivity index (χ1n) is 12.0. The summed E-state index contributed by atoms with van der Waals surface area (Å²) in [7, 11) is 0. The van der Waals surface area contributed by atoms with Crippen molar-refractivity contribution in [1.29, 1.82) is 0 Å². The van der Waals surface area contributed by atoms with E-state index in [1.165, 1.54) is 10.9 Å². The summed E-state index contributed by atoms with van der Waals surface area (Å²) in [4.78, 5) is 10.3. The van der Waals surface area contributed by atoms with E-state index >= 15 is 0 Å². The highest BCUT2D eigenvalue weighted by atomic mass is 32.1. The highest BCUT2D eigenvalue weighted by Gasteiger charge is 2.23. The maximum Gasteiger partial charge on any atom is 0.309 e. The molecule has 3 rings (SSSR count). The predicted octanol–water partition coefficient (Wildman–Crippen LogP) is 8.69. The number of rotatable bonds is 7. The molecule has 5 heteroatoms. The fourth-order valence-electron chi connectivity index (χ4n) is 3.25. The van der Waals surface area contributed by atoms with E-state index in [0.717, 1.165) is 27.9 Å². The Morgan fingerprint density at radius 1 is 1.00 bits per heavy atom. The number of carboxylic acids is 1. The molecule has 1 heterocycles. The molecule has 0 aliphatic carbocycles. The van der Waals surface area contributed by atoms with Crippen LogP contribution >= 0.6 is 12.2 Å². The van der Waals surface area contributed by atoms with E-state index in [2.05, 4.69) is 81.7 Å². The van der Waals surface area contributed by atoms with Gasteiger partial charge in [0.15, 0.2) is 0 Å². The molecule has 1 N–H and O–H groups in total. The van der Waals surface area contributed by atoms with Gasteiger partial charge in [-0.1, -0.05) is 56.4 Å². The Hall–Kier alpha value is -2.66. The van der Waals surface area contributed by atoms with Gasteiger partial charge >= 0.3 is 5.97 Å². The lowest BCUT2D eigenvalue weighted by Crippen LogP contribution is -2.26. The second-order valence-corrected chi connectivity index (χ2v) is 10.6. The zero-order chi connectivity index (χ0) is 25.7. The van der Waals surface area contributed by atoms with Crippen molar-refractivity contribution in [2.75, 3.05) is 0 Å². The molecule has 4 nitrogen and oxygen atoms in total. The van der Waals surface area contributed by atoms with E-state index in [4.69, 9.17) is 22.1 Å². The van der Waals surface area contributed by atoms with Crippen LogP contribution in [0.15, 0.2) is 54.6 Å². The van der Waals surface area contributed by atoms with Crippen LogP contribution in [0.1, 0.15) is 74.3 Å². The van der Waals surface area contributed by atoms with Gasteiger partial charge < -0.3 is 14.4 Å². The molecule has 34 heavy (non-hydrogen) atoms. The summed E-state index contributed by atoms with van der Waals surface area (Å²) in [6, 6.07) is 19.2. The molecule has 0 spiro atoms. The van der Waals surface area contributed by atoms with E-state index in [-0.39, 0.29) is 5.60 Å². The van der Waals surface area contributed by atoms with Crippen molar-refractivity contribution in [3.8, 4) is 16.9 Å². The maximum absolute atomic E-state index is 10.3. The first-order valence-corrected chi connectivity index (χ1v) is 12.4. The molecule has 0 bridgehead atoms. The van der Waals surface area contributed by atoms with Gasteiger partial charge in [0.05, 0.1) is 5.41 Å². The maximum atomic E-state index is 10.3. The van der Waals surface area contributed by atoms with Crippen LogP contribution in [0.25, 0.3) is 22.0 Å². The number of ether oxygens (including phenoxy) is 1. The van der Waals surface area contributed by atoms with Gasteiger partial charge in [-0.3, -0.25) is 4.79 Å². The lowest BCUT2D eigenvalue weighted by atomic mass is 9.91. The van der Waals surface area contributed by atoms with Gasteiger partial charge in [0.1, 0.15) is 16.0 Å². The lowest BCUT2D eigenvalue weighted by Gasteiger charge is -2.25. The van der Waals surface area contributed by atoms with Gasteiger partial charge in [-0.25, -0.2) is 0 Å². The number of carboxylic acid groups (broad SMARTS) is 1. The van der Waals surface area contributed by atoms with E-state index in [1.807, 2.05) is 19.1 Å². The number of nitrogens with zero attached hydrogens (tertiary/aromatic N) is 1. The number of aliphatic carboxylic acids is 1. The van der Waals surface area contributed by atoms with Crippen LogP contribution < -0.4 is 4.74 Å². The third kappa shape index (κ3) is 6.69. The SMILES string of the molecule is CCC(C)(C)C(=O)O.CCC(C)(C)Oc1ccc(-c2cc3ccccc3n(C(C)C)c2=S)cc1. The van der Waals surface area contributed by atoms with Crippen LogP contribution in [0.2, 0.25) is 0 Å². The minimum Gasteiger partial charge on any atom is -0.488 e. The number of aromatic nitrogens is 1. The molecule has 0 aliphatic heterocycles. The minimum absolute atomic E-state index is 0.158. The first kappa shape index (κ1) is 27.6. The van der Waals surface area contributed by atoms with Crippen molar-refractivity contribution in [2.24, 2.45) is 5.41 Å². The highest BCUT2D eigenvalue weighted by molar-refractivity contribution is 7.71. The standard InChI is InChI=1S/C23H27NOS.C6H12O2/c1-6-23(4,5)25-19-13-11-17(12-14-19)20-15-18-9-7-8-10-21(18)24(16(2)3)22(20)26;1-4-6(2,3)5(7)8/h7-16H,6H2,1-5H3;4H2,1-3H3,(H,7,8). The molecule has 0 fully saturated rings. The molecule has 0 aliphatic rings. The average Bonchev–Trinajstić information content (AvgIpc) is 2.79. The van der Waals surface area contributed by atoms with Gasteiger partial charge in [-0.2, -0.15) is 0 Å². The number of pyridine rings is 1. The highest BCUT2D eigenvalue weighted by Crippen LogP contribution is 2.31. The zero-order valence-corrected chi connectivity index (χ0v) is 22.6. The molecule has 0 amide bonds. The summed E-state index contributed by atoms with van der Waals surface area (Å²) in [5.41, 5.74) is 2.69. The third-order valence-corrected chi connectivity index (χ3v) is 6.75. The van der Waals surface area contributed by atoms with Crippen LogP contribution in [-0.4, -0.2) is 21.2 Å². The second-order valence-electron chi connectivity index (χ2n) is 10.2. The molecule has 0 saturated carbocycles. The number of para-hydroxylation sites is 1. The average molecular weight is 482 g/mol. The van der Waals surface area contributed by atoms with Crippen molar-refractivity contribution in [2.45, 2.75) is 79.9 Å². The van der Waals surface area contributed by atoms with Gasteiger partial charge in [0.25, 0.3) is 0 Å². The fraction of sp³-hybridized carbons (Fsp3) is 0.448. The molecule has 0 unspecified atom stereocenters. The summed E-state index contributed by atoms with van der Waals surface area (Å²) >= 11 is 5.85. The van der Waals surface area contributed by atoms with E-state index in [9.17, 15) is 4.79 Å². The van der Waals surface area contributed by atoms with E-state index < -0.39 is 11.4 Å². The summed E-state index contributed by atoms with van der Waals surface area (Å²) in [5, 5.41) is 9.65. The number of benzene rings is 2. The Balaban J connectivity index is 0.000000440. The Bertz CT molecular complexity index is 1170. The van der Waals surface area contributed by atoms with E-state index in [1.54, 1.807) is 13.8 Å². The normalized spacial score (nSPS) is 11.8. The molecule has 0 saturated heterocycles. The third-order valence-electron chi connectivity index (χ3n) is 6.34. The molecule has 1 aromatic heterocycles. The lowest BCUT2D eigenvalue weighted by molar-refractivity contribution is -0.147. The number of hydrogen-bond acceptors (Lipinski definition) is 3. The molecule has 0 atom stereocenters. The van der Waals surface area contributed by atoms with Crippen LogP contribution in [0.3, 0.4) is 0 Å². The Labute approximate surface area is 209 Å². The van der Waals surface area contributed by atoms with Crippen molar-refractivity contribution >= 4 is 29.1 Å². The molecule has 184 valence electrons. The van der Waals surface area contributed by atoms with Crippen LogP contribution in [0.4, 0.5) is 0 Å². The monoisotopic (exact) mass is 481 g/mol. The molecule has 0 radical (unpaired) electrons. The molecule has 3 aromatic rings. The van der Waals surface area contributed by atoms with Crippen molar-refractivity contribution in [1.82, 2.24) is 4.57 Å². The van der Waals surface area contributed by atoms with Crippen molar-refractivity contribution in [3.05, 3.63) is 59.2 Å². The van der Waals surface area contributed by atoms with Crippen LogP contribution in [0.5, 0.6) is 5.75 Å². The van der Waals surface area contributed by atoms with Gasteiger partial charge in [-0.15, -0.1) is 0 Å². The smallest absolute Gasteiger partial charge is 0.309 e. The number of hydrogen-bond donors (Lipinski definition) is 1. The number of carbonyl (C=O) groups is 1. The molecular formula is C29H39NO3S. The quantitative estimate of drug-likeness (QED) is 0.343. The van der Waals surface area contributed by atoms with Crippen molar-refractivity contribution < 1.29 is 14.6 Å². The minimum atomic E-state index is -0.722. The largest absolute Gasteiger partial charge is 0.488 e. The van der Waals surface area contributed by atoms with Gasteiger partial charge in [-0.05, 0) is 89.6 Å². The Kier molecular flexibility index (Phi) is 9.07. The van der Waals surface area contributed by atoms with Crippen LogP contribution in [-0.2, 0) is 4.79 Å². The first-order chi connectivity index (χ1) is 15.8.